The first-order valence-corrected chi connectivity index (χ1v) is 8.77. The summed E-state index contributed by atoms with van der Waals surface area (Å²) >= 11 is 0. The van der Waals surface area contributed by atoms with Crippen LogP contribution in [0.5, 0.6) is 17.4 Å². The van der Waals surface area contributed by atoms with Gasteiger partial charge in [0.2, 0.25) is 0 Å². The number of rotatable bonds is 5. The number of hydrogen-bond donors (Lipinski definition) is 0. The summed E-state index contributed by atoms with van der Waals surface area (Å²) < 4.78 is 16.1. The van der Waals surface area contributed by atoms with Gasteiger partial charge in [0.05, 0.1) is 31.5 Å². The molecule has 0 bridgehead atoms. The largest absolute Gasteiger partial charge is 0.493 e. The SMILES string of the molecule is COC(=O)c1c(Oc2ccc(C#N)cc2OC)nnc(-c2ccc(C)cc2)c1C. The van der Waals surface area contributed by atoms with Crippen molar-refractivity contribution in [2.24, 2.45) is 0 Å². The molecular formula is C22H19N3O4. The molecule has 0 saturated carbocycles. The van der Waals surface area contributed by atoms with E-state index in [2.05, 4.69) is 10.2 Å². The maximum Gasteiger partial charge on any atom is 0.343 e. The van der Waals surface area contributed by atoms with Crippen LogP contribution in [-0.2, 0) is 4.74 Å². The molecule has 29 heavy (non-hydrogen) atoms. The molecule has 146 valence electrons. The Balaban J connectivity index is 2.10. The normalized spacial score (nSPS) is 10.2. The van der Waals surface area contributed by atoms with E-state index in [9.17, 15) is 4.79 Å². The standard InChI is InChI=1S/C22H19N3O4/c1-13-5-8-16(9-6-13)20-14(2)19(22(26)28-4)21(25-24-20)29-17-10-7-15(12-23)11-18(17)27-3/h5-11H,1-4H3. The van der Waals surface area contributed by atoms with E-state index in [-0.39, 0.29) is 11.4 Å². The highest BCUT2D eigenvalue weighted by molar-refractivity contribution is 5.95. The number of benzene rings is 2. The van der Waals surface area contributed by atoms with Crippen LogP contribution in [0.1, 0.15) is 27.0 Å². The predicted molar refractivity (Wildman–Crippen MR) is 106 cm³/mol. The summed E-state index contributed by atoms with van der Waals surface area (Å²) in [6.07, 6.45) is 0. The molecule has 0 amide bonds. The first kappa shape index (κ1) is 19.8. The van der Waals surface area contributed by atoms with E-state index in [1.165, 1.54) is 20.3 Å². The Hall–Kier alpha value is -3.92. The van der Waals surface area contributed by atoms with Crippen LogP contribution in [0, 0.1) is 25.2 Å². The van der Waals surface area contributed by atoms with E-state index in [1.54, 1.807) is 19.1 Å². The zero-order chi connectivity index (χ0) is 21.0. The van der Waals surface area contributed by atoms with Gasteiger partial charge in [-0.05, 0) is 31.5 Å². The van der Waals surface area contributed by atoms with Crippen LogP contribution in [0.25, 0.3) is 11.3 Å². The smallest absolute Gasteiger partial charge is 0.343 e. The summed E-state index contributed by atoms with van der Waals surface area (Å²) in [4.78, 5) is 12.5. The first-order valence-electron chi connectivity index (χ1n) is 8.77. The molecule has 1 heterocycles. The van der Waals surface area contributed by atoms with Crippen molar-refractivity contribution in [3.63, 3.8) is 0 Å². The number of aryl methyl sites for hydroxylation is 1. The molecule has 0 aliphatic rings. The molecule has 0 N–H and O–H groups in total. The lowest BCUT2D eigenvalue weighted by atomic mass is 10.0. The van der Waals surface area contributed by atoms with Gasteiger partial charge < -0.3 is 14.2 Å². The quantitative estimate of drug-likeness (QED) is 0.603. The van der Waals surface area contributed by atoms with Crippen LogP contribution in [-0.4, -0.2) is 30.4 Å². The topological polar surface area (TPSA) is 94.3 Å². The number of aromatic nitrogens is 2. The minimum atomic E-state index is -0.589. The fraction of sp³-hybridized carbons (Fsp3) is 0.182. The molecular weight excluding hydrogens is 370 g/mol. The fourth-order valence-corrected chi connectivity index (χ4v) is 2.82. The second kappa shape index (κ2) is 8.40. The van der Waals surface area contributed by atoms with E-state index < -0.39 is 5.97 Å². The second-order valence-electron chi connectivity index (χ2n) is 6.29. The second-order valence-corrected chi connectivity index (χ2v) is 6.29. The van der Waals surface area contributed by atoms with Gasteiger partial charge in [-0.2, -0.15) is 5.26 Å². The van der Waals surface area contributed by atoms with Crippen LogP contribution in [0.4, 0.5) is 0 Å². The molecule has 3 rings (SSSR count). The zero-order valence-corrected chi connectivity index (χ0v) is 16.5. The summed E-state index contributed by atoms with van der Waals surface area (Å²) in [6, 6.07) is 14.5. The first-order chi connectivity index (χ1) is 14.0. The Labute approximate surface area is 168 Å². The van der Waals surface area contributed by atoms with E-state index in [1.807, 2.05) is 37.3 Å². The van der Waals surface area contributed by atoms with Gasteiger partial charge >= 0.3 is 5.97 Å². The maximum absolute atomic E-state index is 12.5. The van der Waals surface area contributed by atoms with E-state index >= 15 is 0 Å². The van der Waals surface area contributed by atoms with Gasteiger partial charge in [0.25, 0.3) is 5.88 Å². The van der Waals surface area contributed by atoms with Crippen molar-refractivity contribution in [2.75, 3.05) is 14.2 Å². The zero-order valence-electron chi connectivity index (χ0n) is 16.5. The highest BCUT2D eigenvalue weighted by Crippen LogP contribution is 2.35. The van der Waals surface area contributed by atoms with Crippen molar-refractivity contribution < 1.29 is 19.0 Å². The minimum Gasteiger partial charge on any atom is -0.493 e. The summed E-state index contributed by atoms with van der Waals surface area (Å²) in [5.74, 6) is 0.0389. The number of methoxy groups -OCH3 is 2. The minimum absolute atomic E-state index is 0.00628. The average Bonchev–Trinajstić information content (AvgIpc) is 2.74. The Morgan fingerprint density at radius 2 is 1.72 bits per heavy atom. The molecule has 0 aliphatic carbocycles. The van der Waals surface area contributed by atoms with Crippen molar-refractivity contribution in [1.82, 2.24) is 10.2 Å². The summed E-state index contributed by atoms with van der Waals surface area (Å²) in [5, 5.41) is 17.4. The molecule has 0 aliphatic heterocycles. The van der Waals surface area contributed by atoms with Crippen LogP contribution in [0.2, 0.25) is 0 Å². The van der Waals surface area contributed by atoms with Crippen molar-refractivity contribution in [3.8, 4) is 34.7 Å². The number of carbonyl (C=O) groups is 1. The number of nitrogens with zero attached hydrogens (tertiary/aromatic N) is 3. The fourth-order valence-electron chi connectivity index (χ4n) is 2.82. The Kier molecular flexibility index (Phi) is 5.74. The summed E-state index contributed by atoms with van der Waals surface area (Å²) in [7, 11) is 2.75. The van der Waals surface area contributed by atoms with Crippen molar-refractivity contribution >= 4 is 5.97 Å². The highest BCUT2D eigenvalue weighted by atomic mass is 16.5. The molecule has 0 fully saturated rings. The molecule has 1 aromatic heterocycles. The Morgan fingerprint density at radius 1 is 1.00 bits per heavy atom. The number of ether oxygens (including phenoxy) is 3. The van der Waals surface area contributed by atoms with Crippen LogP contribution in [0.3, 0.4) is 0 Å². The summed E-state index contributed by atoms with van der Waals surface area (Å²) in [5.41, 5.74) is 3.67. The molecule has 0 radical (unpaired) electrons. The van der Waals surface area contributed by atoms with Gasteiger partial charge in [-0.3, -0.25) is 0 Å². The van der Waals surface area contributed by atoms with Crippen molar-refractivity contribution in [2.45, 2.75) is 13.8 Å². The van der Waals surface area contributed by atoms with E-state index in [0.717, 1.165) is 11.1 Å². The van der Waals surface area contributed by atoms with Crippen LogP contribution >= 0.6 is 0 Å². The number of nitriles is 1. The monoisotopic (exact) mass is 389 g/mol. The van der Waals surface area contributed by atoms with Gasteiger partial charge in [0, 0.05) is 11.6 Å². The number of carbonyl (C=O) groups excluding carboxylic acids is 1. The van der Waals surface area contributed by atoms with Crippen molar-refractivity contribution in [1.29, 1.82) is 5.26 Å². The Bertz CT molecular complexity index is 1100. The highest BCUT2D eigenvalue weighted by Gasteiger charge is 2.24. The van der Waals surface area contributed by atoms with Crippen molar-refractivity contribution in [3.05, 3.63) is 64.7 Å². The third-order valence-corrected chi connectivity index (χ3v) is 4.40. The lowest BCUT2D eigenvalue weighted by molar-refractivity contribution is 0.0595. The molecule has 3 aromatic rings. The third kappa shape index (κ3) is 4.01. The number of esters is 1. The van der Waals surface area contributed by atoms with E-state index in [0.29, 0.717) is 28.3 Å². The molecule has 7 heteroatoms. The summed E-state index contributed by atoms with van der Waals surface area (Å²) in [6.45, 7) is 3.75. The third-order valence-electron chi connectivity index (χ3n) is 4.40. The Morgan fingerprint density at radius 3 is 2.34 bits per heavy atom. The van der Waals surface area contributed by atoms with Gasteiger partial charge in [0.1, 0.15) is 5.56 Å². The lowest BCUT2D eigenvalue weighted by Crippen LogP contribution is -2.11. The van der Waals surface area contributed by atoms with Gasteiger partial charge in [0.15, 0.2) is 11.5 Å². The molecule has 7 nitrogen and oxygen atoms in total. The van der Waals surface area contributed by atoms with Crippen LogP contribution in [0.15, 0.2) is 42.5 Å². The van der Waals surface area contributed by atoms with Gasteiger partial charge in [-0.25, -0.2) is 4.79 Å². The maximum atomic E-state index is 12.5. The molecule has 0 unspecified atom stereocenters. The molecule has 2 aromatic carbocycles. The average molecular weight is 389 g/mol. The molecule has 0 spiro atoms. The predicted octanol–water partition coefficient (Wildman–Crippen LogP) is 4.22. The lowest BCUT2D eigenvalue weighted by Gasteiger charge is -2.15. The van der Waals surface area contributed by atoms with Gasteiger partial charge in [-0.1, -0.05) is 29.8 Å². The van der Waals surface area contributed by atoms with Gasteiger partial charge in [-0.15, -0.1) is 10.2 Å². The van der Waals surface area contributed by atoms with Crippen LogP contribution < -0.4 is 9.47 Å². The number of hydrogen-bond acceptors (Lipinski definition) is 7. The molecule has 0 atom stereocenters. The molecule has 0 saturated heterocycles. The van der Waals surface area contributed by atoms with E-state index in [4.69, 9.17) is 19.5 Å².